The van der Waals surface area contributed by atoms with Crippen molar-refractivity contribution < 1.29 is 14.4 Å². The van der Waals surface area contributed by atoms with E-state index < -0.39 is 12.4 Å². The first-order chi connectivity index (χ1) is 4.20. The van der Waals surface area contributed by atoms with Crippen molar-refractivity contribution in [3.05, 3.63) is 0 Å². The van der Waals surface area contributed by atoms with Crippen molar-refractivity contribution in [2.24, 2.45) is 5.73 Å². The highest BCUT2D eigenvalue weighted by atomic mass is 16.8. The summed E-state index contributed by atoms with van der Waals surface area (Å²) < 4.78 is 4.22. The third-order valence-corrected chi connectivity index (χ3v) is 0.725. The van der Waals surface area contributed by atoms with Crippen LogP contribution in [0.5, 0.6) is 0 Å². The number of ether oxygens (including phenoxy) is 1. The van der Waals surface area contributed by atoms with Gasteiger partial charge in [-0.25, -0.2) is 4.79 Å². The van der Waals surface area contributed by atoms with E-state index in [-0.39, 0.29) is 0 Å². The summed E-state index contributed by atoms with van der Waals surface area (Å²) in [4.78, 5) is 13.2. The summed E-state index contributed by atoms with van der Waals surface area (Å²) in [6.07, 6.45) is -1.40. The summed E-state index contributed by atoms with van der Waals surface area (Å²) in [6.45, 7) is 1.73. The van der Waals surface area contributed by atoms with Crippen LogP contribution in [0.3, 0.4) is 0 Å². The zero-order chi connectivity index (χ0) is 7.28. The molecule has 5 heteroatoms. The minimum absolute atomic E-state index is 0.481. The van der Waals surface area contributed by atoms with Gasteiger partial charge in [-0.2, -0.15) is 0 Å². The minimum atomic E-state index is -1.18. The van der Waals surface area contributed by atoms with E-state index in [4.69, 9.17) is 11.6 Å². The molecule has 2 N–H and O–H groups in total. The summed E-state index contributed by atoms with van der Waals surface area (Å²) in [7, 11) is 0. The van der Waals surface area contributed by atoms with Gasteiger partial charge >= 0.3 is 6.16 Å². The van der Waals surface area contributed by atoms with Gasteiger partial charge in [0.25, 0.3) is 0 Å². The van der Waals surface area contributed by atoms with Crippen LogP contribution < -0.4 is 11.6 Å². The van der Waals surface area contributed by atoms with Crippen LogP contribution in [0.25, 0.3) is 0 Å². The highest BCUT2D eigenvalue weighted by Crippen LogP contribution is 1.90. The summed E-state index contributed by atoms with van der Waals surface area (Å²) in [5.41, 5.74) is 5.12. The molecule has 0 saturated heterocycles. The third kappa shape index (κ3) is 3.75. The van der Waals surface area contributed by atoms with Crippen LogP contribution in [-0.2, 0) is 9.57 Å². The molecule has 0 amide bonds. The van der Waals surface area contributed by atoms with Gasteiger partial charge in [-0.05, 0) is 6.42 Å². The van der Waals surface area contributed by atoms with Crippen molar-refractivity contribution in [1.82, 2.24) is 5.90 Å². The van der Waals surface area contributed by atoms with Crippen molar-refractivity contribution in [2.45, 2.75) is 19.6 Å². The Balaban J connectivity index is 3.34. The Kier molecular flexibility index (Phi) is 3.74. The maximum absolute atomic E-state index is 10.0. The molecule has 52 valence electrons. The largest absolute Gasteiger partial charge is 0.532 e. The van der Waals surface area contributed by atoms with Crippen LogP contribution in [0.1, 0.15) is 13.3 Å². The Morgan fingerprint density at radius 3 is 2.78 bits per heavy atom. The summed E-state index contributed by atoms with van der Waals surface area (Å²) in [6, 6.07) is 0. The standard InChI is InChI=1S/C4H8N2O3/c1-2-3(5)8-4(7)9-6/h3H,2,5H2,1H3. The second kappa shape index (κ2) is 4.11. The SMILES string of the molecule is CCC(N)OC(=O)O[N]. The van der Waals surface area contributed by atoms with E-state index in [0.29, 0.717) is 6.42 Å². The Bertz CT molecular complexity index is 95.8. The van der Waals surface area contributed by atoms with E-state index in [0.717, 1.165) is 0 Å². The number of nitrogens with zero attached hydrogens (tertiary/aromatic N) is 1. The fraction of sp³-hybridized carbons (Fsp3) is 0.750. The van der Waals surface area contributed by atoms with E-state index in [2.05, 4.69) is 9.57 Å². The fourth-order valence-corrected chi connectivity index (χ4v) is 0.228. The molecule has 0 bridgehead atoms. The Labute approximate surface area is 52.9 Å². The molecule has 0 aromatic rings. The number of carbonyl (C=O) groups excluding carboxylic acids is 1. The van der Waals surface area contributed by atoms with Gasteiger partial charge < -0.3 is 4.74 Å². The predicted molar refractivity (Wildman–Crippen MR) is 28.0 cm³/mol. The molecule has 0 aliphatic carbocycles. The minimum Gasteiger partial charge on any atom is -0.414 e. The highest BCUT2D eigenvalue weighted by molar-refractivity contribution is 5.59. The van der Waals surface area contributed by atoms with Crippen LogP contribution >= 0.6 is 0 Å². The molecule has 1 unspecified atom stereocenters. The van der Waals surface area contributed by atoms with Crippen LogP contribution in [0.15, 0.2) is 0 Å². The second-order valence-electron chi connectivity index (χ2n) is 1.41. The van der Waals surface area contributed by atoms with Gasteiger partial charge in [0.2, 0.25) is 0 Å². The van der Waals surface area contributed by atoms with E-state index in [9.17, 15) is 4.79 Å². The Morgan fingerprint density at radius 2 is 2.44 bits per heavy atom. The van der Waals surface area contributed by atoms with Gasteiger partial charge in [-0.15, -0.1) is 0 Å². The number of hydrogen-bond donors (Lipinski definition) is 1. The molecule has 9 heavy (non-hydrogen) atoms. The molecule has 1 atom stereocenters. The molecule has 0 spiro atoms. The first-order valence-corrected chi connectivity index (χ1v) is 2.48. The van der Waals surface area contributed by atoms with Gasteiger partial charge in [0.15, 0.2) is 6.23 Å². The molecule has 5 nitrogen and oxygen atoms in total. The number of rotatable bonds is 2. The first kappa shape index (κ1) is 8.19. The topological polar surface area (TPSA) is 83.8 Å². The molecule has 0 rings (SSSR count). The predicted octanol–water partition coefficient (Wildman–Crippen LogP) is -0.182. The van der Waals surface area contributed by atoms with Crippen molar-refractivity contribution in [2.75, 3.05) is 0 Å². The van der Waals surface area contributed by atoms with Gasteiger partial charge in [0.1, 0.15) is 5.90 Å². The molecule has 0 saturated carbocycles. The molecular weight excluding hydrogens is 124 g/mol. The van der Waals surface area contributed by atoms with Gasteiger partial charge in [0.05, 0.1) is 0 Å². The first-order valence-electron chi connectivity index (χ1n) is 2.48. The lowest BCUT2D eigenvalue weighted by molar-refractivity contribution is 0.0185. The lowest BCUT2D eigenvalue weighted by Gasteiger charge is -2.06. The average Bonchev–Trinajstić information content (AvgIpc) is 1.87. The third-order valence-electron chi connectivity index (χ3n) is 0.725. The quantitative estimate of drug-likeness (QED) is 0.321. The van der Waals surface area contributed by atoms with E-state index in [1.165, 1.54) is 0 Å². The second-order valence-corrected chi connectivity index (χ2v) is 1.41. The lowest BCUT2D eigenvalue weighted by atomic mass is 10.4. The molecule has 0 fully saturated rings. The zero-order valence-electron chi connectivity index (χ0n) is 5.03. The van der Waals surface area contributed by atoms with E-state index in [1.54, 1.807) is 6.92 Å². The van der Waals surface area contributed by atoms with Crippen LogP contribution in [0, 0.1) is 0 Å². The lowest BCUT2D eigenvalue weighted by Crippen LogP contribution is -2.26. The van der Waals surface area contributed by atoms with Crippen molar-refractivity contribution >= 4 is 6.16 Å². The summed E-state index contributed by atoms with van der Waals surface area (Å²) in [5, 5.41) is 0. The van der Waals surface area contributed by atoms with Crippen molar-refractivity contribution in [3.8, 4) is 0 Å². The van der Waals surface area contributed by atoms with Crippen LogP contribution in [-0.4, -0.2) is 12.4 Å². The molecule has 0 aromatic carbocycles. The monoisotopic (exact) mass is 132 g/mol. The Morgan fingerprint density at radius 1 is 1.89 bits per heavy atom. The maximum atomic E-state index is 10.0. The van der Waals surface area contributed by atoms with Crippen molar-refractivity contribution in [3.63, 3.8) is 0 Å². The average molecular weight is 132 g/mol. The summed E-state index contributed by atoms with van der Waals surface area (Å²) >= 11 is 0. The molecular formula is C4H8N2O3. The number of nitrogens with two attached hydrogens (primary N) is 1. The van der Waals surface area contributed by atoms with E-state index >= 15 is 0 Å². The van der Waals surface area contributed by atoms with Gasteiger partial charge in [-0.1, -0.05) is 6.92 Å². The molecule has 0 heterocycles. The van der Waals surface area contributed by atoms with E-state index in [1.807, 2.05) is 0 Å². The fourth-order valence-electron chi connectivity index (χ4n) is 0.228. The van der Waals surface area contributed by atoms with Gasteiger partial charge in [-0.3, -0.25) is 10.6 Å². The molecule has 0 aliphatic heterocycles. The Hall–Kier alpha value is -0.810. The van der Waals surface area contributed by atoms with Crippen LogP contribution in [0.4, 0.5) is 4.79 Å². The normalized spacial score (nSPS) is 12.3. The molecule has 0 aliphatic rings. The molecule has 0 aromatic heterocycles. The molecule has 2 radical (unpaired) electrons. The van der Waals surface area contributed by atoms with Gasteiger partial charge in [0, 0.05) is 0 Å². The zero-order valence-corrected chi connectivity index (χ0v) is 5.03. The number of hydrogen-bond acceptors (Lipinski definition) is 4. The maximum Gasteiger partial charge on any atom is 0.532 e. The highest BCUT2D eigenvalue weighted by Gasteiger charge is 2.07. The summed E-state index contributed by atoms with van der Waals surface area (Å²) in [5.74, 6) is 7.65. The smallest absolute Gasteiger partial charge is 0.414 e. The number of carbonyl (C=O) groups is 1. The van der Waals surface area contributed by atoms with Crippen molar-refractivity contribution in [1.29, 1.82) is 0 Å². The van der Waals surface area contributed by atoms with Crippen LogP contribution in [0.2, 0.25) is 0 Å².